The van der Waals surface area contributed by atoms with E-state index in [0.29, 0.717) is 0 Å². The normalized spacial score (nSPS) is 10.1. The number of nitrogens with one attached hydrogen (secondary N) is 1. The molecule has 3 nitrogen and oxygen atoms in total. The first-order chi connectivity index (χ1) is 7.27. The minimum absolute atomic E-state index is 1.00. The van der Waals surface area contributed by atoms with E-state index >= 15 is 0 Å². The van der Waals surface area contributed by atoms with Gasteiger partial charge in [0.2, 0.25) is 0 Å². The van der Waals surface area contributed by atoms with Gasteiger partial charge in [0.1, 0.15) is 0 Å². The van der Waals surface area contributed by atoms with Gasteiger partial charge in [-0.05, 0) is 18.9 Å². The highest BCUT2D eigenvalue weighted by Gasteiger charge is 2.00. The molecule has 1 aromatic rings. The molecule has 0 aliphatic rings. The molecule has 0 atom stereocenters. The molecule has 0 aromatic carbocycles. The molecule has 0 radical (unpaired) electrons. The zero-order valence-corrected chi connectivity index (χ0v) is 9.95. The fourth-order valence-electron chi connectivity index (χ4n) is 1.47. The van der Waals surface area contributed by atoms with Gasteiger partial charge in [-0.15, -0.1) is 0 Å². The van der Waals surface area contributed by atoms with E-state index in [-0.39, 0.29) is 0 Å². The van der Waals surface area contributed by atoms with Gasteiger partial charge in [-0.1, -0.05) is 13.8 Å². The lowest BCUT2D eigenvalue weighted by Gasteiger charge is -2.18. The second-order valence-electron chi connectivity index (χ2n) is 3.78. The third kappa shape index (κ3) is 3.78. The molecule has 0 amide bonds. The molecule has 84 valence electrons. The van der Waals surface area contributed by atoms with Crippen LogP contribution in [0.25, 0.3) is 0 Å². The minimum Gasteiger partial charge on any atom is -0.384 e. The van der Waals surface area contributed by atoms with Crippen molar-refractivity contribution in [2.75, 3.05) is 30.4 Å². The smallest absolute Gasteiger partial charge is 0.0570 e. The Balaban J connectivity index is 2.64. The highest BCUT2D eigenvalue weighted by Crippen LogP contribution is 2.16. The van der Waals surface area contributed by atoms with Crippen molar-refractivity contribution in [3.8, 4) is 0 Å². The topological polar surface area (TPSA) is 28.2 Å². The molecule has 1 heterocycles. The van der Waals surface area contributed by atoms with E-state index in [4.69, 9.17) is 0 Å². The van der Waals surface area contributed by atoms with Crippen molar-refractivity contribution in [3.05, 3.63) is 18.5 Å². The standard InChI is InChI=1S/C12H21N3/c1-4-6-14-11-8-12(10-13-9-11)15(3)7-5-2/h8-10,14H,4-7H2,1-3H3. The number of anilines is 2. The van der Waals surface area contributed by atoms with Crippen molar-refractivity contribution >= 4 is 11.4 Å². The van der Waals surface area contributed by atoms with Crippen molar-refractivity contribution in [1.82, 2.24) is 4.98 Å². The van der Waals surface area contributed by atoms with Crippen LogP contribution in [0.5, 0.6) is 0 Å². The van der Waals surface area contributed by atoms with E-state index < -0.39 is 0 Å². The monoisotopic (exact) mass is 207 g/mol. The van der Waals surface area contributed by atoms with Crippen molar-refractivity contribution < 1.29 is 0 Å². The summed E-state index contributed by atoms with van der Waals surface area (Å²) in [5.41, 5.74) is 2.29. The molecule has 15 heavy (non-hydrogen) atoms. The van der Waals surface area contributed by atoms with Crippen LogP contribution in [0.1, 0.15) is 26.7 Å². The Morgan fingerprint density at radius 3 is 2.73 bits per heavy atom. The summed E-state index contributed by atoms with van der Waals surface area (Å²) < 4.78 is 0. The predicted octanol–water partition coefficient (Wildman–Crippen LogP) is 2.75. The Kier molecular flexibility index (Phi) is 4.95. The number of hydrogen-bond donors (Lipinski definition) is 1. The Labute approximate surface area is 92.5 Å². The van der Waals surface area contributed by atoms with Crippen LogP contribution in [0.2, 0.25) is 0 Å². The van der Waals surface area contributed by atoms with Crippen LogP contribution < -0.4 is 10.2 Å². The van der Waals surface area contributed by atoms with Gasteiger partial charge in [0, 0.05) is 20.1 Å². The number of hydrogen-bond acceptors (Lipinski definition) is 3. The van der Waals surface area contributed by atoms with Gasteiger partial charge in [-0.2, -0.15) is 0 Å². The maximum Gasteiger partial charge on any atom is 0.0570 e. The molecule has 1 N–H and O–H groups in total. The lowest BCUT2D eigenvalue weighted by Crippen LogP contribution is -2.18. The first kappa shape index (κ1) is 11.8. The van der Waals surface area contributed by atoms with Gasteiger partial charge in [0.25, 0.3) is 0 Å². The maximum absolute atomic E-state index is 4.24. The Morgan fingerprint density at radius 1 is 1.27 bits per heavy atom. The molecule has 0 saturated heterocycles. The van der Waals surface area contributed by atoms with Gasteiger partial charge in [0.05, 0.1) is 23.8 Å². The molecule has 1 aromatic heterocycles. The highest BCUT2D eigenvalue weighted by molar-refractivity contribution is 5.55. The van der Waals surface area contributed by atoms with E-state index in [0.717, 1.165) is 31.6 Å². The fraction of sp³-hybridized carbons (Fsp3) is 0.583. The highest BCUT2D eigenvalue weighted by atomic mass is 15.1. The van der Waals surface area contributed by atoms with Crippen molar-refractivity contribution in [2.45, 2.75) is 26.7 Å². The van der Waals surface area contributed by atoms with Crippen molar-refractivity contribution in [2.24, 2.45) is 0 Å². The van der Waals surface area contributed by atoms with Crippen molar-refractivity contribution in [1.29, 1.82) is 0 Å². The lowest BCUT2D eigenvalue weighted by molar-refractivity contribution is 0.849. The summed E-state index contributed by atoms with van der Waals surface area (Å²) in [5.74, 6) is 0. The van der Waals surface area contributed by atoms with Crippen LogP contribution in [0.4, 0.5) is 11.4 Å². The van der Waals surface area contributed by atoms with Crippen molar-refractivity contribution in [3.63, 3.8) is 0 Å². The molecule has 0 bridgehead atoms. The lowest BCUT2D eigenvalue weighted by atomic mass is 10.3. The molecule has 0 fully saturated rings. The van der Waals surface area contributed by atoms with E-state index in [1.54, 1.807) is 0 Å². The number of aromatic nitrogens is 1. The van der Waals surface area contributed by atoms with Gasteiger partial charge < -0.3 is 10.2 Å². The summed E-state index contributed by atoms with van der Waals surface area (Å²) in [6.45, 7) is 6.41. The van der Waals surface area contributed by atoms with Crippen LogP contribution in [-0.4, -0.2) is 25.1 Å². The molecule has 0 aliphatic carbocycles. The van der Waals surface area contributed by atoms with Crippen LogP contribution in [-0.2, 0) is 0 Å². The molecular weight excluding hydrogens is 186 g/mol. The average molecular weight is 207 g/mol. The number of rotatable bonds is 6. The Hall–Kier alpha value is -1.25. The second kappa shape index (κ2) is 6.27. The van der Waals surface area contributed by atoms with E-state index in [1.807, 2.05) is 12.4 Å². The largest absolute Gasteiger partial charge is 0.384 e. The summed E-state index contributed by atoms with van der Waals surface area (Å²) >= 11 is 0. The summed E-state index contributed by atoms with van der Waals surface area (Å²) in [6, 6.07) is 2.15. The van der Waals surface area contributed by atoms with Crippen LogP contribution in [0, 0.1) is 0 Å². The van der Waals surface area contributed by atoms with Gasteiger partial charge in [0.15, 0.2) is 0 Å². The molecule has 0 aliphatic heterocycles. The van der Waals surface area contributed by atoms with Crippen LogP contribution in [0.3, 0.4) is 0 Å². The zero-order valence-electron chi connectivity index (χ0n) is 9.95. The predicted molar refractivity (Wildman–Crippen MR) is 66.6 cm³/mol. The quantitative estimate of drug-likeness (QED) is 0.777. The summed E-state index contributed by atoms with van der Waals surface area (Å²) in [6.07, 6.45) is 6.07. The fourth-order valence-corrected chi connectivity index (χ4v) is 1.47. The van der Waals surface area contributed by atoms with Gasteiger partial charge in [-0.3, -0.25) is 4.98 Å². The van der Waals surface area contributed by atoms with Gasteiger partial charge >= 0.3 is 0 Å². The molecular formula is C12H21N3. The van der Waals surface area contributed by atoms with Crippen LogP contribution >= 0.6 is 0 Å². The van der Waals surface area contributed by atoms with E-state index in [1.165, 1.54) is 5.69 Å². The van der Waals surface area contributed by atoms with Gasteiger partial charge in [-0.25, -0.2) is 0 Å². The summed E-state index contributed by atoms with van der Waals surface area (Å²) in [5, 5.41) is 3.34. The van der Waals surface area contributed by atoms with E-state index in [2.05, 4.69) is 42.2 Å². The first-order valence-corrected chi connectivity index (χ1v) is 5.68. The van der Waals surface area contributed by atoms with E-state index in [9.17, 15) is 0 Å². The Morgan fingerprint density at radius 2 is 2.07 bits per heavy atom. The number of nitrogens with zero attached hydrogens (tertiary/aromatic N) is 2. The molecule has 0 unspecified atom stereocenters. The maximum atomic E-state index is 4.24. The molecule has 0 spiro atoms. The second-order valence-corrected chi connectivity index (χ2v) is 3.78. The number of pyridine rings is 1. The third-order valence-corrected chi connectivity index (χ3v) is 2.30. The molecule has 0 saturated carbocycles. The summed E-state index contributed by atoms with van der Waals surface area (Å²) in [7, 11) is 2.10. The van der Waals surface area contributed by atoms with Crippen LogP contribution in [0.15, 0.2) is 18.5 Å². The average Bonchev–Trinajstić information content (AvgIpc) is 2.27. The first-order valence-electron chi connectivity index (χ1n) is 5.68. The SMILES string of the molecule is CCCNc1cncc(N(C)CCC)c1. The molecule has 1 rings (SSSR count). The summed E-state index contributed by atoms with van der Waals surface area (Å²) in [4.78, 5) is 6.46. The zero-order chi connectivity index (χ0) is 11.1. The molecule has 3 heteroatoms. The minimum atomic E-state index is 1.00. The Bertz CT molecular complexity index is 286. The third-order valence-electron chi connectivity index (χ3n) is 2.30.